The molecule has 1 atom stereocenters. The largest absolute Gasteiger partial charge is 0.490 e. The van der Waals surface area contributed by atoms with E-state index in [0.29, 0.717) is 31.9 Å². The Balaban J connectivity index is 1.42. The number of carbonyl (C=O) groups excluding carboxylic acids is 1. The molecule has 0 unspecified atom stereocenters. The molecule has 0 aliphatic carbocycles. The molecule has 1 amide bonds. The highest BCUT2D eigenvalue weighted by molar-refractivity contribution is 5.77. The van der Waals surface area contributed by atoms with E-state index in [0.717, 1.165) is 26.0 Å². The minimum atomic E-state index is -0.266. The lowest BCUT2D eigenvalue weighted by atomic mass is 10.1. The van der Waals surface area contributed by atoms with Gasteiger partial charge < -0.3 is 19.7 Å². The molecular weight excluding hydrogens is 299 g/mol. The van der Waals surface area contributed by atoms with Crippen LogP contribution in [0, 0.1) is 5.82 Å². The zero-order valence-corrected chi connectivity index (χ0v) is 13.2. The zero-order chi connectivity index (χ0) is 16.1. The Morgan fingerprint density at radius 3 is 2.70 bits per heavy atom. The predicted octanol–water partition coefficient (Wildman–Crippen LogP) is 1.57. The number of halogens is 1. The van der Waals surface area contributed by atoms with E-state index in [9.17, 15) is 9.18 Å². The van der Waals surface area contributed by atoms with Crippen LogP contribution in [-0.2, 0) is 9.53 Å². The second-order valence-corrected chi connectivity index (χ2v) is 6.08. The van der Waals surface area contributed by atoms with Crippen molar-refractivity contribution in [1.82, 2.24) is 10.2 Å². The summed E-state index contributed by atoms with van der Waals surface area (Å²) in [5.74, 6) is 0.589. The van der Waals surface area contributed by atoms with E-state index in [1.54, 1.807) is 12.1 Å². The van der Waals surface area contributed by atoms with Crippen LogP contribution < -0.4 is 10.1 Å². The molecule has 2 aliphatic rings. The van der Waals surface area contributed by atoms with Gasteiger partial charge in [0, 0.05) is 44.9 Å². The number of benzene rings is 1. The van der Waals surface area contributed by atoms with E-state index < -0.39 is 0 Å². The Hall–Kier alpha value is -1.66. The van der Waals surface area contributed by atoms with Crippen LogP contribution in [0.5, 0.6) is 5.75 Å². The molecule has 1 aromatic carbocycles. The number of hydrogen-bond acceptors (Lipinski definition) is 4. The van der Waals surface area contributed by atoms with Crippen molar-refractivity contribution in [3.8, 4) is 5.75 Å². The maximum absolute atomic E-state index is 12.9. The quantitative estimate of drug-likeness (QED) is 0.914. The van der Waals surface area contributed by atoms with Crippen LogP contribution in [0.4, 0.5) is 4.39 Å². The summed E-state index contributed by atoms with van der Waals surface area (Å²) in [6, 6.07) is 6.20. The van der Waals surface area contributed by atoms with Gasteiger partial charge in [-0.15, -0.1) is 0 Å². The van der Waals surface area contributed by atoms with Gasteiger partial charge in [0.2, 0.25) is 5.91 Å². The van der Waals surface area contributed by atoms with Gasteiger partial charge in [-0.25, -0.2) is 4.39 Å². The Kier molecular flexibility index (Phi) is 5.46. The highest BCUT2D eigenvalue weighted by Gasteiger charge is 2.26. The lowest BCUT2D eigenvalue weighted by Crippen LogP contribution is -2.47. The predicted molar refractivity (Wildman–Crippen MR) is 83.9 cm³/mol. The lowest BCUT2D eigenvalue weighted by Gasteiger charge is -2.33. The smallest absolute Gasteiger partial charge is 0.224 e. The van der Waals surface area contributed by atoms with Crippen LogP contribution in [0.3, 0.4) is 0 Å². The molecule has 0 aromatic heterocycles. The van der Waals surface area contributed by atoms with Crippen LogP contribution in [0.1, 0.15) is 19.3 Å². The van der Waals surface area contributed by atoms with Crippen molar-refractivity contribution in [2.24, 2.45) is 0 Å². The third kappa shape index (κ3) is 4.65. The van der Waals surface area contributed by atoms with Gasteiger partial charge in [-0.2, -0.15) is 0 Å². The van der Waals surface area contributed by atoms with E-state index in [-0.39, 0.29) is 23.9 Å². The minimum absolute atomic E-state index is 0.0839. The zero-order valence-electron chi connectivity index (χ0n) is 13.2. The van der Waals surface area contributed by atoms with E-state index in [2.05, 4.69) is 5.32 Å². The molecule has 0 saturated carbocycles. The fraction of sp³-hybridized carbons (Fsp3) is 0.588. The molecule has 2 saturated heterocycles. The van der Waals surface area contributed by atoms with Crippen molar-refractivity contribution < 1.29 is 18.7 Å². The first-order chi connectivity index (χ1) is 11.2. The van der Waals surface area contributed by atoms with Gasteiger partial charge in [-0.3, -0.25) is 4.79 Å². The first-order valence-electron chi connectivity index (χ1n) is 8.22. The minimum Gasteiger partial charge on any atom is -0.490 e. The summed E-state index contributed by atoms with van der Waals surface area (Å²) < 4.78 is 24.1. The average molecular weight is 322 g/mol. The molecule has 0 bridgehead atoms. The number of carbonyl (C=O) groups is 1. The van der Waals surface area contributed by atoms with Gasteiger partial charge in [0.1, 0.15) is 17.7 Å². The second kappa shape index (κ2) is 7.75. The summed E-state index contributed by atoms with van der Waals surface area (Å²) in [7, 11) is 0. The number of morpholine rings is 1. The fourth-order valence-electron chi connectivity index (χ4n) is 3.02. The number of likely N-dealkylation sites (tertiary alicyclic amines) is 1. The van der Waals surface area contributed by atoms with E-state index in [4.69, 9.17) is 9.47 Å². The fourth-order valence-corrected chi connectivity index (χ4v) is 3.02. The van der Waals surface area contributed by atoms with E-state index in [1.165, 1.54) is 12.1 Å². The molecule has 2 aliphatic heterocycles. The summed E-state index contributed by atoms with van der Waals surface area (Å²) in [6.07, 6.45) is 2.18. The summed E-state index contributed by atoms with van der Waals surface area (Å²) in [4.78, 5) is 14.2. The Morgan fingerprint density at radius 2 is 2.04 bits per heavy atom. The van der Waals surface area contributed by atoms with Gasteiger partial charge in [-0.05, 0) is 24.3 Å². The molecule has 3 rings (SSSR count). The highest BCUT2D eigenvalue weighted by atomic mass is 19.1. The molecule has 1 aromatic rings. The summed E-state index contributed by atoms with van der Waals surface area (Å²) in [6.45, 7) is 3.55. The van der Waals surface area contributed by atoms with Crippen LogP contribution in [0.2, 0.25) is 0 Å². The summed E-state index contributed by atoms with van der Waals surface area (Å²) >= 11 is 0. The Morgan fingerprint density at radius 1 is 1.30 bits per heavy atom. The molecule has 2 heterocycles. The average Bonchev–Trinajstić information content (AvgIpc) is 2.58. The SMILES string of the molecule is O=C(C[C@@H]1COCCN1)N1CCC(Oc2ccc(F)cc2)CC1. The Bertz CT molecular complexity index is 509. The van der Waals surface area contributed by atoms with Crippen molar-refractivity contribution in [2.45, 2.75) is 31.4 Å². The molecule has 1 N–H and O–H groups in total. The normalized spacial score (nSPS) is 22.8. The maximum Gasteiger partial charge on any atom is 0.224 e. The number of nitrogens with zero attached hydrogens (tertiary/aromatic N) is 1. The maximum atomic E-state index is 12.9. The molecular formula is C17H23FN2O3. The van der Waals surface area contributed by atoms with Gasteiger partial charge in [0.25, 0.3) is 0 Å². The van der Waals surface area contributed by atoms with E-state index >= 15 is 0 Å². The lowest BCUT2D eigenvalue weighted by molar-refractivity contribution is -0.134. The van der Waals surface area contributed by atoms with Crippen LogP contribution >= 0.6 is 0 Å². The summed E-state index contributed by atoms with van der Waals surface area (Å²) in [5.41, 5.74) is 0. The molecule has 5 nitrogen and oxygen atoms in total. The third-order valence-electron chi connectivity index (χ3n) is 4.33. The number of amides is 1. The third-order valence-corrected chi connectivity index (χ3v) is 4.33. The Labute approximate surface area is 135 Å². The highest BCUT2D eigenvalue weighted by Crippen LogP contribution is 2.20. The van der Waals surface area contributed by atoms with Gasteiger partial charge in [-0.1, -0.05) is 0 Å². The molecule has 2 fully saturated rings. The first kappa shape index (κ1) is 16.2. The topological polar surface area (TPSA) is 50.8 Å². The molecule has 126 valence electrons. The number of ether oxygens (including phenoxy) is 2. The second-order valence-electron chi connectivity index (χ2n) is 6.08. The first-order valence-corrected chi connectivity index (χ1v) is 8.22. The molecule has 0 radical (unpaired) electrons. The molecule has 23 heavy (non-hydrogen) atoms. The molecule has 0 spiro atoms. The van der Waals surface area contributed by atoms with Crippen molar-refractivity contribution in [2.75, 3.05) is 32.8 Å². The van der Waals surface area contributed by atoms with Crippen molar-refractivity contribution in [3.63, 3.8) is 0 Å². The number of rotatable bonds is 4. The standard InChI is InChI=1S/C17H23FN2O3/c18-13-1-3-15(4-2-13)23-16-5-8-20(9-6-16)17(21)11-14-12-22-10-7-19-14/h1-4,14,16,19H,5-12H2/t14-/m1/s1. The van der Waals surface area contributed by atoms with Crippen molar-refractivity contribution in [3.05, 3.63) is 30.1 Å². The van der Waals surface area contributed by atoms with Crippen LogP contribution in [0.15, 0.2) is 24.3 Å². The molecule has 6 heteroatoms. The van der Waals surface area contributed by atoms with Gasteiger partial charge >= 0.3 is 0 Å². The van der Waals surface area contributed by atoms with E-state index in [1.807, 2.05) is 4.90 Å². The number of hydrogen-bond donors (Lipinski definition) is 1. The van der Waals surface area contributed by atoms with Gasteiger partial charge in [0.15, 0.2) is 0 Å². The number of nitrogens with one attached hydrogen (secondary N) is 1. The van der Waals surface area contributed by atoms with Crippen LogP contribution in [-0.4, -0.2) is 55.8 Å². The number of piperidine rings is 1. The van der Waals surface area contributed by atoms with Crippen LogP contribution in [0.25, 0.3) is 0 Å². The van der Waals surface area contributed by atoms with Gasteiger partial charge in [0.05, 0.1) is 13.2 Å². The van der Waals surface area contributed by atoms with Crippen molar-refractivity contribution in [1.29, 1.82) is 0 Å². The summed E-state index contributed by atoms with van der Waals surface area (Å²) in [5, 5.41) is 3.31. The monoisotopic (exact) mass is 322 g/mol. The van der Waals surface area contributed by atoms with Crippen molar-refractivity contribution >= 4 is 5.91 Å².